The molecule has 0 atom stereocenters. The van der Waals surface area contributed by atoms with E-state index in [1.165, 1.54) is 5.56 Å². The van der Waals surface area contributed by atoms with Crippen molar-refractivity contribution in [3.8, 4) is 5.75 Å². The number of ether oxygens (including phenoxy) is 1. The van der Waals surface area contributed by atoms with Crippen molar-refractivity contribution < 1.29 is 9.53 Å². The fraction of sp³-hybridized carbons (Fsp3) is 0.316. The average Bonchev–Trinajstić information content (AvgIpc) is 2.40. The fourth-order valence-corrected chi connectivity index (χ4v) is 2.48. The lowest BCUT2D eigenvalue weighted by molar-refractivity contribution is -0.118. The quantitative estimate of drug-likeness (QED) is 0.916. The normalized spacial score (nSPS) is 10.4. The van der Waals surface area contributed by atoms with E-state index in [2.05, 4.69) is 24.4 Å². The number of hydrogen-bond acceptors (Lipinski definition) is 2. The third-order valence-corrected chi connectivity index (χ3v) is 3.66. The van der Waals surface area contributed by atoms with Gasteiger partial charge >= 0.3 is 0 Å². The SMILES string of the molecule is Cc1cc(C)cc(NC(=O)COc2cc(C)c(C)cc2C)c1. The van der Waals surface area contributed by atoms with Gasteiger partial charge in [-0.3, -0.25) is 4.79 Å². The van der Waals surface area contributed by atoms with Crippen LogP contribution in [-0.2, 0) is 4.79 Å². The molecule has 2 aromatic rings. The van der Waals surface area contributed by atoms with Gasteiger partial charge in [-0.25, -0.2) is 0 Å². The highest BCUT2D eigenvalue weighted by Gasteiger charge is 2.07. The van der Waals surface area contributed by atoms with Crippen molar-refractivity contribution in [1.29, 1.82) is 0 Å². The lowest BCUT2D eigenvalue weighted by Gasteiger charge is -2.12. The van der Waals surface area contributed by atoms with Gasteiger partial charge in [0.05, 0.1) is 0 Å². The first-order chi connectivity index (χ1) is 10.3. The Morgan fingerprint density at radius 1 is 0.864 bits per heavy atom. The standard InChI is InChI=1S/C19H23NO2/c1-12-6-13(2)8-17(7-12)20-19(21)11-22-18-10-15(4)14(3)9-16(18)5/h6-10H,11H2,1-5H3,(H,20,21). The Morgan fingerprint density at radius 2 is 1.45 bits per heavy atom. The van der Waals surface area contributed by atoms with Gasteiger partial charge in [0.15, 0.2) is 6.61 Å². The van der Waals surface area contributed by atoms with Crippen molar-refractivity contribution in [3.63, 3.8) is 0 Å². The van der Waals surface area contributed by atoms with E-state index >= 15 is 0 Å². The molecule has 0 fully saturated rings. The minimum atomic E-state index is -0.150. The third-order valence-electron chi connectivity index (χ3n) is 3.66. The van der Waals surface area contributed by atoms with Crippen LogP contribution >= 0.6 is 0 Å². The molecule has 0 heterocycles. The fourth-order valence-electron chi connectivity index (χ4n) is 2.48. The molecule has 0 spiro atoms. The highest BCUT2D eigenvalue weighted by atomic mass is 16.5. The maximum absolute atomic E-state index is 12.0. The van der Waals surface area contributed by atoms with Gasteiger partial charge in [-0.05, 0) is 80.6 Å². The summed E-state index contributed by atoms with van der Waals surface area (Å²) in [5, 5.41) is 2.88. The Hall–Kier alpha value is -2.29. The van der Waals surface area contributed by atoms with Crippen LogP contribution in [0.1, 0.15) is 27.8 Å². The Bertz CT molecular complexity index is 685. The van der Waals surface area contributed by atoms with E-state index in [4.69, 9.17) is 4.74 Å². The molecule has 2 rings (SSSR count). The van der Waals surface area contributed by atoms with Crippen LogP contribution in [0, 0.1) is 34.6 Å². The van der Waals surface area contributed by atoms with Gasteiger partial charge in [-0.2, -0.15) is 0 Å². The van der Waals surface area contributed by atoms with Crippen LogP contribution in [0.25, 0.3) is 0 Å². The summed E-state index contributed by atoms with van der Waals surface area (Å²) in [7, 11) is 0. The number of carbonyl (C=O) groups excluding carboxylic acids is 1. The highest BCUT2D eigenvalue weighted by Crippen LogP contribution is 2.22. The zero-order chi connectivity index (χ0) is 16.3. The topological polar surface area (TPSA) is 38.3 Å². The van der Waals surface area contributed by atoms with E-state index in [1.807, 2.05) is 45.9 Å². The van der Waals surface area contributed by atoms with E-state index in [0.29, 0.717) is 0 Å². The molecule has 0 bridgehead atoms. The molecule has 0 aromatic heterocycles. The molecule has 2 aromatic carbocycles. The summed E-state index contributed by atoms with van der Waals surface area (Å²) < 4.78 is 5.66. The van der Waals surface area contributed by atoms with E-state index in [-0.39, 0.29) is 12.5 Å². The van der Waals surface area contributed by atoms with Gasteiger partial charge in [0.25, 0.3) is 5.91 Å². The van der Waals surface area contributed by atoms with Crippen molar-refractivity contribution in [2.24, 2.45) is 0 Å². The number of aryl methyl sites for hydroxylation is 5. The molecule has 1 N–H and O–H groups in total. The van der Waals surface area contributed by atoms with Gasteiger partial charge < -0.3 is 10.1 Å². The number of carbonyl (C=O) groups is 1. The number of rotatable bonds is 4. The van der Waals surface area contributed by atoms with Crippen molar-refractivity contribution in [2.75, 3.05) is 11.9 Å². The summed E-state index contributed by atoms with van der Waals surface area (Å²) in [6.45, 7) is 10.1. The molecule has 0 aliphatic carbocycles. The van der Waals surface area contributed by atoms with Gasteiger partial charge in [-0.1, -0.05) is 12.1 Å². The van der Waals surface area contributed by atoms with Crippen LogP contribution in [0.4, 0.5) is 5.69 Å². The maximum atomic E-state index is 12.0. The van der Waals surface area contributed by atoms with Crippen LogP contribution < -0.4 is 10.1 Å². The van der Waals surface area contributed by atoms with Crippen molar-refractivity contribution in [2.45, 2.75) is 34.6 Å². The smallest absolute Gasteiger partial charge is 0.262 e. The summed E-state index contributed by atoms with van der Waals surface area (Å²) in [6.07, 6.45) is 0. The maximum Gasteiger partial charge on any atom is 0.262 e. The molecule has 0 radical (unpaired) electrons. The zero-order valence-corrected chi connectivity index (χ0v) is 13.9. The van der Waals surface area contributed by atoms with Crippen LogP contribution in [-0.4, -0.2) is 12.5 Å². The van der Waals surface area contributed by atoms with E-state index in [1.54, 1.807) is 0 Å². The molecule has 0 aliphatic rings. The Kier molecular flexibility index (Phi) is 4.86. The predicted molar refractivity (Wildman–Crippen MR) is 90.7 cm³/mol. The Morgan fingerprint density at radius 3 is 2.09 bits per heavy atom. The van der Waals surface area contributed by atoms with Gasteiger partial charge in [0, 0.05) is 5.69 Å². The van der Waals surface area contributed by atoms with Crippen molar-refractivity contribution in [1.82, 2.24) is 0 Å². The first-order valence-corrected chi connectivity index (χ1v) is 7.44. The summed E-state index contributed by atoms with van der Waals surface area (Å²) in [6, 6.07) is 10.0. The number of nitrogens with one attached hydrogen (secondary N) is 1. The second-order valence-corrected chi connectivity index (χ2v) is 5.92. The van der Waals surface area contributed by atoms with E-state index in [9.17, 15) is 4.79 Å². The number of hydrogen-bond donors (Lipinski definition) is 1. The molecule has 1 amide bonds. The summed E-state index contributed by atoms with van der Waals surface area (Å²) in [4.78, 5) is 12.0. The molecular weight excluding hydrogens is 274 g/mol. The van der Waals surface area contributed by atoms with Crippen LogP contribution in [0.2, 0.25) is 0 Å². The molecule has 22 heavy (non-hydrogen) atoms. The van der Waals surface area contributed by atoms with Crippen LogP contribution in [0.3, 0.4) is 0 Å². The lowest BCUT2D eigenvalue weighted by Crippen LogP contribution is -2.20. The summed E-state index contributed by atoms with van der Waals surface area (Å²) >= 11 is 0. The molecule has 116 valence electrons. The Labute approximate surface area is 132 Å². The van der Waals surface area contributed by atoms with E-state index < -0.39 is 0 Å². The van der Waals surface area contributed by atoms with Crippen LogP contribution in [0.5, 0.6) is 5.75 Å². The average molecular weight is 297 g/mol. The first-order valence-electron chi connectivity index (χ1n) is 7.44. The summed E-state index contributed by atoms with van der Waals surface area (Å²) in [5.74, 6) is 0.612. The van der Waals surface area contributed by atoms with Crippen molar-refractivity contribution in [3.05, 3.63) is 58.1 Å². The minimum Gasteiger partial charge on any atom is -0.483 e. The molecule has 0 unspecified atom stereocenters. The van der Waals surface area contributed by atoms with Gasteiger partial charge in [0.1, 0.15) is 5.75 Å². The minimum absolute atomic E-state index is 0.0102. The zero-order valence-electron chi connectivity index (χ0n) is 13.9. The molecule has 0 saturated carbocycles. The number of benzene rings is 2. The first kappa shape index (κ1) is 16.1. The van der Waals surface area contributed by atoms with Gasteiger partial charge in [-0.15, -0.1) is 0 Å². The molecule has 0 aliphatic heterocycles. The summed E-state index contributed by atoms with van der Waals surface area (Å²) in [5.41, 5.74) is 6.49. The number of anilines is 1. The number of amides is 1. The second kappa shape index (κ2) is 6.65. The molecule has 0 saturated heterocycles. The molecular formula is C19H23NO2. The molecule has 3 nitrogen and oxygen atoms in total. The second-order valence-electron chi connectivity index (χ2n) is 5.92. The lowest BCUT2D eigenvalue weighted by atomic mass is 10.1. The predicted octanol–water partition coefficient (Wildman–Crippen LogP) is 4.25. The highest BCUT2D eigenvalue weighted by molar-refractivity contribution is 5.92. The van der Waals surface area contributed by atoms with Gasteiger partial charge in [0.2, 0.25) is 0 Å². The van der Waals surface area contributed by atoms with Crippen molar-refractivity contribution >= 4 is 11.6 Å². The monoisotopic (exact) mass is 297 g/mol. The van der Waals surface area contributed by atoms with E-state index in [0.717, 1.165) is 33.7 Å². The van der Waals surface area contributed by atoms with Crippen LogP contribution in [0.15, 0.2) is 30.3 Å². The molecule has 3 heteroatoms. The third kappa shape index (κ3) is 4.10. The largest absolute Gasteiger partial charge is 0.483 e. The Balaban J connectivity index is 2.00.